The number of anilines is 4. The summed E-state index contributed by atoms with van der Waals surface area (Å²) < 4.78 is 0. The summed E-state index contributed by atoms with van der Waals surface area (Å²) >= 11 is 0. The van der Waals surface area contributed by atoms with Crippen molar-refractivity contribution in [1.29, 1.82) is 0 Å². The van der Waals surface area contributed by atoms with Crippen LogP contribution in [0.25, 0.3) is 0 Å². The molecule has 1 aromatic heterocycles. The maximum absolute atomic E-state index is 11.7. The van der Waals surface area contributed by atoms with Crippen LogP contribution in [0.4, 0.5) is 28.7 Å². The molecule has 132 valence electrons. The van der Waals surface area contributed by atoms with Gasteiger partial charge in [-0.05, 0) is 36.6 Å². The Morgan fingerprint density at radius 1 is 0.962 bits per heavy atom. The number of nitrogens with zero attached hydrogens (tertiary/aromatic N) is 3. The minimum Gasteiger partial charge on any atom is -0.334 e. The Morgan fingerprint density at radius 2 is 1.54 bits per heavy atom. The molecule has 7 nitrogen and oxygen atoms in total. The summed E-state index contributed by atoms with van der Waals surface area (Å²) in [5.74, 6) is 0.303. The first-order valence-electron chi connectivity index (χ1n) is 8.27. The van der Waals surface area contributed by atoms with Gasteiger partial charge in [-0.1, -0.05) is 43.3 Å². The predicted octanol–water partition coefficient (Wildman–Crippen LogP) is 4.74. The van der Waals surface area contributed by atoms with E-state index in [9.17, 15) is 10.1 Å². The molecule has 0 saturated carbocycles. The van der Waals surface area contributed by atoms with Crippen molar-refractivity contribution in [2.24, 2.45) is 0 Å². The van der Waals surface area contributed by atoms with Crippen molar-refractivity contribution in [3.05, 3.63) is 76.1 Å². The third-order valence-electron chi connectivity index (χ3n) is 4.05. The fourth-order valence-electron chi connectivity index (χ4n) is 2.65. The number of hydrogen-bond donors (Lipinski definition) is 2. The van der Waals surface area contributed by atoms with E-state index in [2.05, 4.69) is 20.6 Å². The highest BCUT2D eigenvalue weighted by atomic mass is 16.6. The zero-order valence-corrected chi connectivity index (χ0v) is 14.6. The first-order chi connectivity index (χ1) is 12.6. The highest BCUT2D eigenvalue weighted by Gasteiger charge is 2.24. The van der Waals surface area contributed by atoms with E-state index in [0.717, 1.165) is 28.9 Å². The molecule has 0 saturated heterocycles. The molecule has 0 unspecified atom stereocenters. The van der Waals surface area contributed by atoms with Crippen LogP contribution in [0.5, 0.6) is 0 Å². The molecule has 0 atom stereocenters. The first kappa shape index (κ1) is 17.3. The van der Waals surface area contributed by atoms with Crippen LogP contribution in [0.3, 0.4) is 0 Å². The number of aryl methyl sites for hydroxylation is 2. The smallest absolute Gasteiger partial charge is 0.334 e. The van der Waals surface area contributed by atoms with E-state index in [-0.39, 0.29) is 17.3 Å². The van der Waals surface area contributed by atoms with E-state index in [1.807, 2.05) is 62.4 Å². The van der Waals surface area contributed by atoms with Crippen LogP contribution in [-0.4, -0.2) is 14.9 Å². The molecule has 0 radical (unpaired) electrons. The molecule has 0 aliphatic rings. The van der Waals surface area contributed by atoms with E-state index in [0.29, 0.717) is 0 Å². The van der Waals surface area contributed by atoms with Gasteiger partial charge < -0.3 is 10.6 Å². The second-order valence-electron chi connectivity index (χ2n) is 5.75. The zero-order valence-electron chi connectivity index (χ0n) is 14.6. The molecule has 0 aliphatic carbocycles. The van der Waals surface area contributed by atoms with Crippen molar-refractivity contribution >= 4 is 28.7 Å². The van der Waals surface area contributed by atoms with E-state index in [1.54, 1.807) is 0 Å². The highest BCUT2D eigenvalue weighted by Crippen LogP contribution is 2.34. The normalized spacial score (nSPS) is 10.4. The first-order valence-corrected chi connectivity index (χ1v) is 8.27. The summed E-state index contributed by atoms with van der Waals surface area (Å²) in [7, 11) is 0. The average molecular weight is 349 g/mol. The molecule has 26 heavy (non-hydrogen) atoms. The Hall–Kier alpha value is -3.48. The average Bonchev–Trinajstić information content (AvgIpc) is 2.64. The van der Waals surface area contributed by atoms with Crippen molar-refractivity contribution in [2.45, 2.75) is 20.3 Å². The molecule has 2 N–H and O–H groups in total. The van der Waals surface area contributed by atoms with Crippen LogP contribution in [0.2, 0.25) is 0 Å². The largest absolute Gasteiger partial charge is 0.353 e. The van der Waals surface area contributed by atoms with Gasteiger partial charge in [0.1, 0.15) is 6.33 Å². The van der Waals surface area contributed by atoms with Crippen LogP contribution in [0, 0.1) is 17.0 Å². The summed E-state index contributed by atoms with van der Waals surface area (Å²) in [6.07, 6.45) is 2.11. The maximum Gasteiger partial charge on any atom is 0.353 e. The monoisotopic (exact) mass is 349 g/mol. The Kier molecular flexibility index (Phi) is 5.07. The molecule has 0 bridgehead atoms. The zero-order chi connectivity index (χ0) is 18.5. The topological polar surface area (TPSA) is 93.0 Å². The van der Waals surface area contributed by atoms with Gasteiger partial charge >= 0.3 is 5.69 Å². The summed E-state index contributed by atoms with van der Waals surface area (Å²) in [5, 5.41) is 17.8. The van der Waals surface area contributed by atoms with E-state index in [4.69, 9.17) is 0 Å². The lowest BCUT2D eigenvalue weighted by molar-refractivity contribution is -0.383. The van der Waals surface area contributed by atoms with Crippen molar-refractivity contribution in [2.75, 3.05) is 10.6 Å². The lowest BCUT2D eigenvalue weighted by Gasteiger charge is -2.13. The van der Waals surface area contributed by atoms with Gasteiger partial charge in [0.25, 0.3) is 0 Å². The van der Waals surface area contributed by atoms with Crippen LogP contribution >= 0.6 is 0 Å². The van der Waals surface area contributed by atoms with E-state index < -0.39 is 4.92 Å². The predicted molar refractivity (Wildman–Crippen MR) is 102 cm³/mol. The Labute approximate surface area is 151 Å². The van der Waals surface area contributed by atoms with Gasteiger partial charge in [0.05, 0.1) is 4.92 Å². The van der Waals surface area contributed by atoms with Crippen molar-refractivity contribution in [3.63, 3.8) is 0 Å². The number of nitrogens with one attached hydrogen (secondary N) is 2. The Balaban J connectivity index is 2.01. The molecule has 1 heterocycles. The SMILES string of the molecule is CCc1ccccc1Nc1ncnc(Nc2ccccc2C)c1[N+](=O)[O-]. The Bertz CT molecular complexity index is 943. The molecule has 0 spiro atoms. The van der Waals surface area contributed by atoms with Gasteiger partial charge in [-0.15, -0.1) is 0 Å². The number of para-hydroxylation sites is 2. The van der Waals surface area contributed by atoms with Crippen LogP contribution in [0.15, 0.2) is 54.9 Å². The maximum atomic E-state index is 11.7. The number of rotatable bonds is 6. The standard InChI is InChI=1S/C19H19N5O2/c1-3-14-9-5-7-11-16(14)23-19-17(24(25)26)18(20-12-21-19)22-15-10-6-4-8-13(15)2/h4-12H,3H2,1-2H3,(H2,20,21,22,23). The third kappa shape index (κ3) is 3.61. The van der Waals surface area contributed by atoms with Crippen LogP contribution in [0.1, 0.15) is 18.1 Å². The number of benzene rings is 2. The summed E-state index contributed by atoms with van der Waals surface area (Å²) in [5.41, 5.74) is 3.37. The van der Waals surface area contributed by atoms with Crippen molar-refractivity contribution in [3.8, 4) is 0 Å². The van der Waals surface area contributed by atoms with Gasteiger partial charge in [-0.25, -0.2) is 9.97 Å². The van der Waals surface area contributed by atoms with E-state index >= 15 is 0 Å². The molecular weight excluding hydrogens is 330 g/mol. The van der Waals surface area contributed by atoms with Gasteiger partial charge in [-0.2, -0.15) is 0 Å². The molecule has 0 amide bonds. The summed E-state index contributed by atoms with van der Waals surface area (Å²) in [6.45, 7) is 3.95. The highest BCUT2D eigenvalue weighted by molar-refractivity contribution is 5.78. The fourth-order valence-corrected chi connectivity index (χ4v) is 2.65. The van der Waals surface area contributed by atoms with Crippen LogP contribution < -0.4 is 10.6 Å². The summed E-state index contributed by atoms with van der Waals surface area (Å²) in [4.78, 5) is 19.4. The van der Waals surface area contributed by atoms with Gasteiger partial charge in [0.15, 0.2) is 0 Å². The number of aromatic nitrogens is 2. The lowest BCUT2D eigenvalue weighted by atomic mass is 10.1. The minimum absolute atomic E-state index is 0.149. The van der Waals surface area contributed by atoms with Gasteiger partial charge in [0.2, 0.25) is 11.6 Å². The van der Waals surface area contributed by atoms with E-state index in [1.165, 1.54) is 6.33 Å². The quantitative estimate of drug-likeness (QED) is 0.493. The molecule has 0 fully saturated rings. The van der Waals surface area contributed by atoms with Crippen molar-refractivity contribution in [1.82, 2.24) is 9.97 Å². The number of nitro groups is 1. The third-order valence-corrected chi connectivity index (χ3v) is 4.05. The Morgan fingerprint density at radius 3 is 2.15 bits per heavy atom. The fraction of sp³-hybridized carbons (Fsp3) is 0.158. The lowest BCUT2D eigenvalue weighted by Crippen LogP contribution is -2.06. The molecule has 3 aromatic rings. The molecule has 7 heteroatoms. The molecular formula is C19H19N5O2. The van der Waals surface area contributed by atoms with Crippen molar-refractivity contribution < 1.29 is 4.92 Å². The number of hydrogen-bond acceptors (Lipinski definition) is 6. The molecule has 2 aromatic carbocycles. The second kappa shape index (κ2) is 7.60. The summed E-state index contributed by atoms with van der Waals surface area (Å²) in [6, 6.07) is 15.2. The van der Waals surface area contributed by atoms with Gasteiger partial charge in [0, 0.05) is 11.4 Å². The second-order valence-corrected chi connectivity index (χ2v) is 5.75. The molecule has 0 aliphatic heterocycles. The van der Waals surface area contributed by atoms with Gasteiger partial charge in [-0.3, -0.25) is 10.1 Å². The molecule has 3 rings (SSSR count). The van der Waals surface area contributed by atoms with Crippen LogP contribution in [-0.2, 0) is 6.42 Å². The minimum atomic E-state index is -0.475.